The zero-order valence-corrected chi connectivity index (χ0v) is 19.8. The van der Waals surface area contributed by atoms with Gasteiger partial charge in [0.25, 0.3) is 11.8 Å². The van der Waals surface area contributed by atoms with E-state index in [1.807, 2.05) is 0 Å². The van der Waals surface area contributed by atoms with Crippen molar-refractivity contribution >= 4 is 80.2 Å². The summed E-state index contributed by atoms with van der Waals surface area (Å²) in [6.07, 6.45) is -0.662. The molecule has 1 fully saturated rings. The van der Waals surface area contributed by atoms with Crippen LogP contribution in [0, 0.1) is 0 Å². The van der Waals surface area contributed by atoms with Gasteiger partial charge in [-0.25, -0.2) is 14.6 Å². The summed E-state index contributed by atoms with van der Waals surface area (Å²) < 4.78 is 5.04. The molecule has 2 aliphatic rings. The number of halogens is 1. The largest absolute Gasteiger partial charge is 0.477 e. The molecule has 17 heteroatoms. The first-order valence-electron chi connectivity index (χ1n) is 8.80. The number of fused-ring (bicyclic) bond motifs is 1. The molecule has 0 bridgehead atoms. The number of nitrogens with one attached hydrogen (secondary N) is 2. The van der Waals surface area contributed by atoms with E-state index >= 15 is 0 Å². The summed E-state index contributed by atoms with van der Waals surface area (Å²) >= 11 is 5.44. The molecule has 5 N–H and O–H groups in total. The molecule has 3 rings (SSSR count). The van der Waals surface area contributed by atoms with E-state index in [2.05, 4.69) is 41.4 Å². The summed E-state index contributed by atoms with van der Waals surface area (Å²) in [5.41, 5.74) is 4.60. The number of carbonyl (C=O) groups is 5. The van der Waals surface area contributed by atoms with Gasteiger partial charge in [0.1, 0.15) is 40.3 Å². The third-order valence-corrected chi connectivity index (χ3v) is 7.29. The molecule has 0 aromatic carbocycles. The van der Waals surface area contributed by atoms with Crippen LogP contribution >= 0.6 is 39.0 Å². The third kappa shape index (κ3) is 4.93. The van der Waals surface area contributed by atoms with Gasteiger partial charge < -0.3 is 31.0 Å². The van der Waals surface area contributed by atoms with Crippen molar-refractivity contribution in [2.45, 2.75) is 11.4 Å². The van der Waals surface area contributed by atoms with E-state index in [9.17, 15) is 29.1 Å². The lowest BCUT2D eigenvalue weighted by Crippen LogP contribution is -2.71. The molecule has 0 spiro atoms. The maximum absolute atomic E-state index is 12.9. The van der Waals surface area contributed by atoms with Crippen molar-refractivity contribution < 1.29 is 38.7 Å². The Morgan fingerprint density at radius 2 is 2.18 bits per heavy atom. The number of aromatic nitrogens is 1. The zero-order valence-electron chi connectivity index (χ0n) is 16.6. The van der Waals surface area contributed by atoms with Crippen LogP contribution in [0.1, 0.15) is 5.69 Å². The molecule has 2 atom stereocenters. The fourth-order valence-electron chi connectivity index (χ4n) is 3.01. The average molecular weight is 563 g/mol. The number of hydrogen-bond acceptors (Lipinski definition) is 11. The number of β-lactam (4-membered cyclic amide) rings is 1. The maximum Gasteiger partial charge on any atom is 0.404 e. The lowest BCUT2D eigenvalue weighted by molar-refractivity contribution is -0.150. The first kappa shape index (κ1) is 24.5. The number of amides is 4. The van der Waals surface area contributed by atoms with Crippen molar-refractivity contribution in [3.8, 4) is 0 Å². The van der Waals surface area contributed by atoms with Gasteiger partial charge in [-0.2, -0.15) is 0 Å². The molecule has 4 amide bonds. The number of carboxylic acid groups (broad SMARTS) is 1. The number of primary amides is 1. The van der Waals surface area contributed by atoms with E-state index in [4.69, 9.17) is 10.6 Å². The van der Waals surface area contributed by atoms with Gasteiger partial charge in [-0.3, -0.25) is 19.3 Å². The van der Waals surface area contributed by atoms with Gasteiger partial charge in [0.2, 0.25) is 6.41 Å². The summed E-state index contributed by atoms with van der Waals surface area (Å²) in [6, 6.07) is -1.05. The van der Waals surface area contributed by atoms with E-state index in [1.165, 1.54) is 18.9 Å². The molecule has 1 aromatic rings. The lowest BCUT2D eigenvalue weighted by Gasteiger charge is -2.49. The summed E-state index contributed by atoms with van der Waals surface area (Å²) in [4.78, 5) is 68.7. The van der Waals surface area contributed by atoms with Crippen molar-refractivity contribution in [1.82, 2.24) is 15.2 Å². The van der Waals surface area contributed by atoms with Crippen molar-refractivity contribution in [2.75, 3.05) is 24.8 Å². The number of carbonyl (C=O) groups excluding carboxylic acids is 4. The molecule has 14 nitrogen and oxygen atoms in total. The number of oxime groups is 1. The van der Waals surface area contributed by atoms with Gasteiger partial charge in [0.15, 0.2) is 10.8 Å². The highest BCUT2D eigenvalue weighted by molar-refractivity contribution is 9.11. The van der Waals surface area contributed by atoms with E-state index in [-0.39, 0.29) is 40.2 Å². The number of thiazole rings is 1. The van der Waals surface area contributed by atoms with Gasteiger partial charge in [0, 0.05) is 11.3 Å². The first-order valence-corrected chi connectivity index (χ1v) is 11.5. The maximum atomic E-state index is 12.9. The number of nitrogens with zero attached hydrogens (tertiary/aromatic N) is 3. The second kappa shape index (κ2) is 10.2. The number of nitrogens with two attached hydrogens (primary N) is 1. The van der Waals surface area contributed by atoms with Crippen LogP contribution in [0.2, 0.25) is 0 Å². The van der Waals surface area contributed by atoms with Gasteiger partial charge >= 0.3 is 12.1 Å². The van der Waals surface area contributed by atoms with Crippen LogP contribution in [0.25, 0.3) is 0 Å². The van der Waals surface area contributed by atoms with Gasteiger partial charge in [-0.05, 0) is 15.9 Å². The topological polar surface area (TPSA) is 203 Å². The highest BCUT2D eigenvalue weighted by Gasteiger charge is 2.54. The molecule has 3 heterocycles. The van der Waals surface area contributed by atoms with Crippen LogP contribution in [0.3, 0.4) is 0 Å². The summed E-state index contributed by atoms with van der Waals surface area (Å²) in [7, 11) is 1.21. The molecule has 0 saturated carbocycles. The third-order valence-electron chi connectivity index (χ3n) is 4.32. The number of thioether (sulfide) groups is 1. The van der Waals surface area contributed by atoms with E-state index in [0.29, 0.717) is 10.2 Å². The molecule has 176 valence electrons. The minimum absolute atomic E-state index is 0.0700. The Hall–Kier alpha value is -3.18. The van der Waals surface area contributed by atoms with Crippen LogP contribution in [-0.4, -0.2) is 81.9 Å². The van der Waals surface area contributed by atoms with Gasteiger partial charge in [-0.1, -0.05) is 16.5 Å². The van der Waals surface area contributed by atoms with Crippen LogP contribution in [0.5, 0.6) is 0 Å². The fraction of sp³-hybridized carbons (Fsp3) is 0.312. The molecule has 1 saturated heterocycles. The molecule has 0 aliphatic carbocycles. The second-order valence-corrected chi connectivity index (χ2v) is 9.67. The Kier molecular flexibility index (Phi) is 7.54. The quantitative estimate of drug-likeness (QED) is 0.133. The lowest BCUT2D eigenvalue weighted by atomic mass is 10.0. The Balaban J connectivity index is 1.79. The van der Waals surface area contributed by atoms with Crippen LogP contribution < -0.4 is 16.4 Å². The molecule has 2 aliphatic heterocycles. The standard InChI is InChI=1S/C16H15BrN6O8S2/c1-30-22-7(6-10(17)33-16(21-6)19-4-24)11(25)20-8-12(26)23-9(14(27)28)5(2-31-15(18)29)3-32-13(8)23/h4,8,13H,2-3H2,1H3,(H2,18,29)(H,20,25)(H,27,28)(H,19,21,24)/b22-7-/t8?,13-/m1/s1. The Labute approximate surface area is 201 Å². The Morgan fingerprint density at radius 1 is 1.45 bits per heavy atom. The average Bonchev–Trinajstić information content (AvgIpc) is 3.12. The van der Waals surface area contributed by atoms with Crippen molar-refractivity contribution in [1.29, 1.82) is 0 Å². The first-order chi connectivity index (χ1) is 15.7. The van der Waals surface area contributed by atoms with Crippen LogP contribution in [-0.2, 0) is 28.8 Å². The zero-order chi connectivity index (χ0) is 24.3. The SMILES string of the molecule is CO/N=C(\C(=O)NC1C(=O)N2C(C(=O)O)=C(COC(N)=O)CS[C@H]12)c1nc(NC=O)sc1Br. The van der Waals surface area contributed by atoms with Gasteiger partial charge in [-0.15, -0.1) is 11.8 Å². The van der Waals surface area contributed by atoms with Gasteiger partial charge in [0.05, 0.1) is 0 Å². The number of carboxylic acids is 1. The molecule has 1 aromatic heterocycles. The van der Waals surface area contributed by atoms with Crippen LogP contribution in [0.15, 0.2) is 20.2 Å². The van der Waals surface area contributed by atoms with Crippen LogP contribution in [0.4, 0.5) is 9.93 Å². The minimum atomic E-state index is -1.38. The monoisotopic (exact) mass is 562 g/mol. The number of aliphatic carboxylic acids is 1. The second-order valence-electron chi connectivity index (χ2n) is 6.25. The normalized spacial score (nSPS) is 19.9. The highest BCUT2D eigenvalue weighted by Crippen LogP contribution is 2.40. The number of anilines is 1. The van der Waals surface area contributed by atoms with E-state index in [0.717, 1.165) is 16.2 Å². The van der Waals surface area contributed by atoms with Crippen molar-refractivity contribution in [2.24, 2.45) is 10.9 Å². The molecule has 0 radical (unpaired) electrons. The predicted octanol–water partition coefficient (Wildman–Crippen LogP) is -0.342. The van der Waals surface area contributed by atoms with Crippen molar-refractivity contribution in [3.63, 3.8) is 0 Å². The van der Waals surface area contributed by atoms with E-state index < -0.39 is 35.3 Å². The smallest absolute Gasteiger partial charge is 0.404 e. The molecular weight excluding hydrogens is 548 g/mol. The summed E-state index contributed by atoms with van der Waals surface area (Å²) in [6.45, 7) is -0.378. The summed E-state index contributed by atoms with van der Waals surface area (Å²) in [5, 5.41) is 17.6. The van der Waals surface area contributed by atoms with E-state index in [1.54, 1.807) is 0 Å². The molecule has 33 heavy (non-hydrogen) atoms. The van der Waals surface area contributed by atoms with Crippen molar-refractivity contribution in [3.05, 3.63) is 20.8 Å². The number of rotatable bonds is 9. The number of ether oxygens (including phenoxy) is 1. The molecule has 1 unspecified atom stereocenters. The summed E-state index contributed by atoms with van der Waals surface area (Å²) in [5.74, 6) is -2.73. The number of hydrogen-bond donors (Lipinski definition) is 4. The Bertz CT molecular complexity index is 1090. The Morgan fingerprint density at radius 3 is 2.79 bits per heavy atom. The fourth-order valence-corrected chi connectivity index (χ4v) is 5.72. The molecular formula is C16H15BrN6O8S2. The minimum Gasteiger partial charge on any atom is -0.477 e. The highest BCUT2D eigenvalue weighted by atomic mass is 79.9. The predicted molar refractivity (Wildman–Crippen MR) is 118 cm³/mol.